The molecule has 2 atom stereocenters. The molecule has 19 heavy (non-hydrogen) atoms. The molecule has 3 fully saturated rings. The van der Waals surface area contributed by atoms with E-state index in [1.54, 1.807) is 0 Å². The Morgan fingerprint density at radius 2 is 1.95 bits per heavy atom. The maximum Gasteiger partial charge on any atom is 0.244 e. The Hall–Kier alpha value is -0.980. The van der Waals surface area contributed by atoms with Crippen LogP contribution in [0.4, 0.5) is 0 Å². The van der Waals surface area contributed by atoms with Gasteiger partial charge in [-0.15, -0.1) is 0 Å². The smallest absolute Gasteiger partial charge is 0.244 e. The number of hydrogen-bond donors (Lipinski definition) is 1. The average molecular weight is 265 g/mol. The average Bonchev–Trinajstić information content (AvgIpc) is 2.87. The zero-order chi connectivity index (χ0) is 13.6. The summed E-state index contributed by atoms with van der Waals surface area (Å²) in [5, 5.41) is 4.16. The fourth-order valence-corrected chi connectivity index (χ4v) is 2.74. The van der Waals surface area contributed by atoms with Crippen LogP contribution in [0.1, 0.15) is 44.6 Å². The summed E-state index contributed by atoms with van der Waals surface area (Å²) in [5.41, 5.74) is 6.10. The van der Waals surface area contributed by atoms with Crippen molar-refractivity contribution < 1.29 is 4.52 Å². The van der Waals surface area contributed by atoms with Gasteiger partial charge >= 0.3 is 0 Å². The van der Waals surface area contributed by atoms with Gasteiger partial charge in [0.25, 0.3) is 0 Å². The third kappa shape index (κ3) is 2.40. The maximum absolute atomic E-state index is 6.17. The van der Waals surface area contributed by atoms with Gasteiger partial charge in [-0.2, -0.15) is 4.98 Å². The number of piperazine rings is 3. The van der Waals surface area contributed by atoms with E-state index in [0.717, 1.165) is 38.5 Å². The summed E-state index contributed by atoms with van der Waals surface area (Å²) in [6.07, 6.45) is 0. The SMILES string of the molecule is CC(C)(C)[C@H](N)c1nc(C2CN3CCN2CC3)no1. The quantitative estimate of drug-likeness (QED) is 0.852. The normalized spacial score (nSPS) is 32.5. The van der Waals surface area contributed by atoms with Crippen LogP contribution < -0.4 is 5.73 Å². The molecule has 0 spiro atoms. The summed E-state index contributed by atoms with van der Waals surface area (Å²) in [6, 6.07) is 0.0528. The van der Waals surface area contributed by atoms with Gasteiger partial charge in [0, 0.05) is 32.7 Å². The molecule has 6 heteroatoms. The van der Waals surface area contributed by atoms with E-state index in [-0.39, 0.29) is 17.5 Å². The Balaban J connectivity index is 1.78. The molecule has 4 heterocycles. The monoisotopic (exact) mass is 265 g/mol. The minimum Gasteiger partial charge on any atom is -0.338 e. The molecule has 1 unspecified atom stereocenters. The van der Waals surface area contributed by atoms with Gasteiger partial charge in [0.1, 0.15) is 0 Å². The molecule has 3 aliphatic rings. The fraction of sp³-hybridized carbons (Fsp3) is 0.846. The summed E-state index contributed by atoms with van der Waals surface area (Å²) >= 11 is 0. The first-order valence-corrected chi connectivity index (χ1v) is 7.00. The molecular weight excluding hydrogens is 242 g/mol. The van der Waals surface area contributed by atoms with Gasteiger partial charge in [0.05, 0.1) is 12.1 Å². The molecule has 0 radical (unpaired) electrons. The van der Waals surface area contributed by atoms with Crippen LogP contribution in [0.5, 0.6) is 0 Å². The first-order chi connectivity index (χ1) is 8.95. The lowest BCUT2D eigenvalue weighted by Gasteiger charge is -2.46. The molecule has 0 amide bonds. The second-order valence-corrected chi connectivity index (χ2v) is 6.69. The maximum atomic E-state index is 6.17. The number of aromatic nitrogens is 2. The highest BCUT2D eigenvalue weighted by Crippen LogP contribution is 2.32. The molecule has 106 valence electrons. The molecule has 3 aliphatic heterocycles. The molecule has 0 aromatic carbocycles. The highest BCUT2D eigenvalue weighted by atomic mass is 16.5. The van der Waals surface area contributed by atoms with E-state index < -0.39 is 0 Å². The standard InChI is InChI=1S/C13H23N5O/c1-13(2,3)10(14)12-15-11(16-19-12)9-8-17-4-6-18(9)7-5-17/h9-10H,4-8,14H2,1-3H3/t9?,10-/m1/s1. The lowest BCUT2D eigenvalue weighted by atomic mass is 9.87. The van der Waals surface area contributed by atoms with Crippen LogP contribution in [0.3, 0.4) is 0 Å². The van der Waals surface area contributed by atoms with E-state index in [1.165, 1.54) is 0 Å². The van der Waals surface area contributed by atoms with Crippen molar-refractivity contribution in [1.29, 1.82) is 0 Å². The number of nitrogens with two attached hydrogens (primary N) is 1. The van der Waals surface area contributed by atoms with Crippen LogP contribution in [-0.4, -0.2) is 52.7 Å². The minimum absolute atomic E-state index is 0.0703. The van der Waals surface area contributed by atoms with Crippen LogP contribution in [0.15, 0.2) is 4.52 Å². The van der Waals surface area contributed by atoms with Crippen LogP contribution in [0.2, 0.25) is 0 Å². The van der Waals surface area contributed by atoms with Gasteiger partial charge in [-0.05, 0) is 5.41 Å². The van der Waals surface area contributed by atoms with Gasteiger partial charge in [-0.25, -0.2) is 0 Å². The molecule has 0 aliphatic carbocycles. The predicted octanol–water partition coefficient (Wildman–Crippen LogP) is 0.788. The van der Waals surface area contributed by atoms with Gasteiger partial charge in [-0.1, -0.05) is 25.9 Å². The second-order valence-electron chi connectivity index (χ2n) is 6.69. The van der Waals surface area contributed by atoms with E-state index in [4.69, 9.17) is 10.3 Å². The zero-order valence-corrected chi connectivity index (χ0v) is 12.0. The molecule has 0 saturated carbocycles. The molecule has 1 aromatic heterocycles. The molecule has 6 nitrogen and oxygen atoms in total. The number of rotatable bonds is 2. The van der Waals surface area contributed by atoms with Crippen molar-refractivity contribution in [2.24, 2.45) is 11.1 Å². The minimum atomic E-state index is -0.218. The molecule has 2 bridgehead atoms. The molecular formula is C13H23N5O. The van der Waals surface area contributed by atoms with Crippen LogP contribution in [-0.2, 0) is 0 Å². The van der Waals surface area contributed by atoms with Crippen molar-refractivity contribution in [3.8, 4) is 0 Å². The summed E-state index contributed by atoms with van der Waals surface area (Å²) < 4.78 is 5.38. The topological polar surface area (TPSA) is 71.4 Å². The zero-order valence-electron chi connectivity index (χ0n) is 12.0. The third-order valence-electron chi connectivity index (χ3n) is 4.23. The van der Waals surface area contributed by atoms with E-state index >= 15 is 0 Å². The van der Waals surface area contributed by atoms with Crippen LogP contribution in [0.25, 0.3) is 0 Å². The van der Waals surface area contributed by atoms with E-state index in [9.17, 15) is 0 Å². The highest BCUT2D eigenvalue weighted by Gasteiger charge is 2.36. The summed E-state index contributed by atoms with van der Waals surface area (Å²) in [5.74, 6) is 1.35. The van der Waals surface area contributed by atoms with Gasteiger partial charge in [0.15, 0.2) is 5.82 Å². The van der Waals surface area contributed by atoms with Crippen LogP contribution >= 0.6 is 0 Å². The summed E-state index contributed by atoms with van der Waals surface area (Å²) in [6.45, 7) is 11.8. The van der Waals surface area contributed by atoms with E-state index in [0.29, 0.717) is 5.89 Å². The third-order valence-corrected chi connectivity index (χ3v) is 4.23. The van der Waals surface area contributed by atoms with Gasteiger partial charge in [-0.3, -0.25) is 9.80 Å². The summed E-state index contributed by atoms with van der Waals surface area (Å²) in [4.78, 5) is 9.45. The van der Waals surface area contributed by atoms with E-state index in [1.807, 2.05) is 0 Å². The molecule has 3 saturated heterocycles. The van der Waals surface area contributed by atoms with Crippen molar-refractivity contribution in [2.45, 2.75) is 32.9 Å². The molecule has 2 N–H and O–H groups in total. The number of fused-ring (bicyclic) bond motifs is 3. The van der Waals surface area contributed by atoms with Gasteiger partial charge in [0.2, 0.25) is 5.89 Å². The second kappa shape index (κ2) is 4.54. The Morgan fingerprint density at radius 3 is 2.47 bits per heavy atom. The van der Waals surface area contributed by atoms with Crippen molar-refractivity contribution in [3.63, 3.8) is 0 Å². The lowest BCUT2D eigenvalue weighted by molar-refractivity contribution is 0.00781. The van der Waals surface area contributed by atoms with Crippen molar-refractivity contribution in [3.05, 3.63) is 11.7 Å². The predicted molar refractivity (Wildman–Crippen MR) is 71.4 cm³/mol. The molecule has 1 aromatic rings. The Morgan fingerprint density at radius 1 is 1.26 bits per heavy atom. The fourth-order valence-electron chi connectivity index (χ4n) is 2.74. The van der Waals surface area contributed by atoms with Crippen molar-refractivity contribution >= 4 is 0 Å². The van der Waals surface area contributed by atoms with Crippen molar-refractivity contribution in [2.75, 3.05) is 32.7 Å². The lowest BCUT2D eigenvalue weighted by Crippen LogP contribution is -2.57. The molecule has 4 rings (SSSR count). The van der Waals surface area contributed by atoms with Crippen molar-refractivity contribution in [1.82, 2.24) is 19.9 Å². The van der Waals surface area contributed by atoms with Crippen LogP contribution in [0, 0.1) is 5.41 Å². The summed E-state index contributed by atoms with van der Waals surface area (Å²) in [7, 11) is 0. The van der Waals surface area contributed by atoms with E-state index in [2.05, 4.69) is 40.7 Å². The first-order valence-electron chi connectivity index (χ1n) is 7.00. The highest BCUT2D eigenvalue weighted by molar-refractivity contribution is 5.04. The number of hydrogen-bond acceptors (Lipinski definition) is 6. The van der Waals surface area contributed by atoms with Gasteiger partial charge < -0.3 is 10.3 Å². The first kappa shape index (κ1) is 13.0. The Kier molecular flexibility index (Phi) is 3.11. The Labute approximate surface area is 113 Å². The largest absolute Gasteiger partial charge is 0.338 e. The Bertz CT molecular complexity index is 444. The number of nitrogens with zero attached hydrogens (tertiary/aromatic N) is 4.